The smallest absolute Gasteiger partial charge is 0.228 e. The van der Waals surface area contributed by atoms with Crippen molar-refractivity contribution in [2.75, 3.05) is 5.32 Å². The van der Waals surface area contributed by atoms with E-state index in [2.05, 4.69) is 10.3 Å². The van der Waals surface area contributed by atoms with Gasteiger partial charge < -0.3 is 10.4 Å². The average molecular weight is 208 g/mol. The summed E-state index contributed by atoms with van der Waals surface area (Å²) >= 11 is 0. The Kier molecular flexibility index (Phi) is 4.09. The molecule has 1 heterocycles. The third kappa shape index (κ3) is 2.94. The van der Waals surface area contributed by atoms with Crippen molar-refractivity contribution in [3.8, 4) is 5.75 Å². The molecule has 1 amide bonds. The summed E-state index contributed by atoms with van der Waals surface area (Å²) in [6.45, 7) is 3.93. The van der Waals surface area contributed by atoms with Gasteiger partial charge >= 0.3 is 0 Å². The minimum Gasteiger partial charge on any atom is -0.504 e. The summed E-state index contributed by atoms with van der Waals surface area (Å²) in [4.78, 5) is 15.6. The highest BCUT2D eigenvalue weighted by atomic mass is 16.3. The van der Waals surface area contributed by atoms with Crippen LogP contribution in [0.4, 0.5) is 5.82 Å². The van der Waals surface area contributed by atoms with E-state index >= 15 is 0 Å². The van der Waals surface area contributed by atoms with E-state index in [4.69, 9.17) is 0 Å². The Hall–Kier alpha value is -1.58. The van der Waals surface area contributed by atoms with Crippen molar-refractivity contribution in [1.29, 1.82) is 0 Å². The van der Waals surface area contributed by atoms with E-state index in [9.17, 15) is 9.90 Å². The highest BCUT2D eigenvalue weighted by molar-refractivity contribution is 5.92. The van der Waals surface area contributed by atoms with E-state index in [1.165, 1.54) is 12.3 Å². The first-order valence-corrected chi connectivity index (χ1v) is 5.13. The van der Waals surface area contributed by atoms with Crippen molar-refractivity contribution in [2.24, 2.45) is 5.92 Å². The van der Waals surface area contributed by atoms with E-state index in [1.54, 1.807) is 6.07 Å². The predicted molar refractivity (Wildman–Crippen MR) is 58.6 cm³/mol. The molecule has 0 spiro atoms. The number of carbonyl (C=O) groups is 1. The Morgan fingerprint density at radius 1 is 1.53 bits per heavy atom. The summed E-state index contributed by atoms with van der Waals surface area (Å²) in [7, 11) is 0. The summed E-state index contributed by atoms with van der Waals surface area (Å²) in [5, 5.41) is 12.0. The Morgan fingerprint density at radius 3 is 2.73 bits per heavy atom. The number of hydrogen-bond donors (Lipinski definition) is 2. The summed E-state index contributed by atoms with van der Waals surface area (Å²) in [5.74, 6) is 0.117. The molecule has 15 heavy (non-hydrogen) atoms. The molecule has 0 aliphatic rings. The number of nitrogens with zero attached hydrogens (tertiary/aromatic N) is 1. The summed E-state index contributed by atoms with van der Waals surface area (Å²) in [5.41, 5.74) is 0. The van der Waals surface area contributed by atoms with Crippen molar-refractivity contribution < 1.29 is 9.90 Å². The van der Waals surface area contributed by atoms with Gasteiger partial charge in [-0.2, -0.15) is 0 Å². The van der Waals surface area contributed by atoms with Gasteiger partial charge in [0.1, 0.15) is 0 Å². The minimum absolute atomic E-state index is 0.00296. The van der Waals surface area contributed by atoms with E-state index < -0.39 is 0 Å². The van der Waals surface area contributed by atoms with Gasteiger partial charge in [-0.3, -0.25) is 4.79 Å². The normalized spacial score (nSPS) is 10.3. The third-order valence-electron chi connectivity index (χ3n) is 2.38. The van der Waals surface area contributed by atoms with Gasteiger partial charge in [-0.05, 0) is 25.0 Å². The van der Waals surface area contributed by atoms with Crippen LogP contribution in [0.2, 0.25) is 0 Å². The quantitative estimate of drug-likeness (QED) is 0.797. The highest BCUT2D eigenvalue weighted by Gasteiger charge is 2.15. The molecule has 1 aromatic heterocycles. The number of nitrogens with one attached hydrogen (secondary N) is 1. The number of aromatic nitrogens is 1. The van der Waals surface area contributed by atoms with Crippen LogP contribution < -0.4 is 5.32 Å². The molecule has 1 rings (SSSR count). The molecule has 2 N–H and O–H groups in total. The molecule has 0 aromatic carbocycles. The number of rotatable bonds is 4. The summed E-state index contributed by atoms with van der Waals surface area (Å²) in [6.07, 6.45) is 3.11. The van der Waals surface area contributed by atoms with Crippen LogP contribution in [-0.4, -0.2) is 16.0 Å². The predicted octanol–water partition coefficient (Wildman–Crippen LogP) is 2.16. The second-order valence-electron chi connectivity index (χ2n) is 3.37. The molecule has 0 saturated carbocycles. The van der Waals surface area contributed by atoms with Crippen molar-refractivity contribution in [1.82, 2.24) is 4.98 Å². The largest absolute Gasteiger partial charge is 0.504 e. The molecule has 1 aromatic rings. The molecule has 0 aliphatic carbocycles. The molecule has 0 atom stereocenters. The van der Waals surface area contributed by atoms with Gasteiger partial charge in [-0.1, -0.05) is 13.8 Å². The second-order valence-corrected chi connectivity index (χ2v) is 3.37. The molecule has 0 saturated heterocycles. The van der Waals surface area contributed by atoms with Crippen LogP contribution in [0.15, 0.2) is 18.3 Å². The SMILES string of the molecule is CCC(CC)C(=O)Nc1ncccc1O. The lowest BCUT2D eigenvalue weighted by atomic mass is 10.0. The number of aromatic hydroxyl groups is 1. The van der Waals surface area contributed by atoms with Gasteiger partial charge in [0.2, 0.25) is 5.91 Å². The zero-order chi connectivity index (χ0) is 11.3. The van der Waals surface area contributed by atoms with Crippen LogP contribution in [0.25, 0.3) is 0 Å². The third-order valence-corrected chi connectivity index (χ3v) is 2.38. The molecule has 0 aliphatic heterocycles. The Balaban J connectivity index is 2.70. The number of pyridine rings is 1. The molecule has 0 bridgehead atoms. The van der Waals surface area contributed by atoms with Gasteiger partial charge in [-0.15, -0.1) is 0 Å². The minimum atomic E-state index is -0.0889. The molecule has 4 nitrogen and oxygen atoms in total. The lowest BCUT2D eigenvalue weighted by Gasteiger charge is -2.12. The van der Waals surface area contributed by atoms with Crippen molar-refractivity contribution in [3.05, 3.63) is 18.3 Å². The monoisotopic (exact) mass is 208 g/mol. The van der Waals surface area contributed by atoms with Crippen LogP contribution in [0.3, 0.4) is 0 Å². The van der Waals surface area contributed by atoms with Crippen LogP contribution in [0.1, 0.15) is 26.7 Å². The number of carbonyl (C=O) groups excluding carboxylic acids is 1. The standard InChI is InChI=1S/C11H16N2O2/c1-3-8(4-2)11(15)13-10-9(14)6-5-7-12-10/h5-8,14H,3-4H2,1-2H3,(H,12,13,15). The van der Waals surface area contributed by atoms with Crippen LogP contribution >= 0.6 is 0 Å². The first-order valence-electron chi connectivity index (χ1n) is 5.13. The molecule has 4 heteroatoms. The number of hydrogen-bond acceptors (Lipinski definition) is 3. The topological polar surface area (TPSA) is 62.2 Å². The first kappa shape index (κ1) is 11.5. The molecule has 0 unspecified atom stereocenters. The Labute approximate surface area is 89.3 Å². The fraction of sp³-hybridized carbons (Fsp3) is 0.455. The van der Waals surface area contributed by atoms with Crippen molar-refractivity contribution >= 4 is 11.7 Å². The fourth-order valence-corrected chi connectivity index (χ4v) is 1.37. The number of amides is 1. The molecule has 0 fully saturated rings. The van der Waals surface area contributed by atoms with E-state index in [1.807, 2.05) is 13.8 Å². The van der Waals surface area contributed by atoms with Gasteiger partial charge in [0.15, 0.2) is 11.6 Å². The zero-order valence-corrected chi connectivity index (χ0v) is 9.03. The highest BCUT2D eigenvalue weighted by Crippen LogP contribution is 2.20. The van der Waals surface area contributed by atoms with Crippen molar-refractivity contribution in [2.45, 2.75) is 26.7 Å². The fourth-order valence-electron chi connectivity index (χ4n) is 1.37. The number of anilines is 1. The lowest BCUT2D eigenvalue weighted by Crippen LogP contribution is -2.22. The average Bonchev–Trinajstić information content (AvgIpc) is 2.23. The first-order chi connectivity index (χ1) is 7.19. The van der Waals surface area contributed by atoms with Crippen molar-refractivity contribution in [3.63, 3.8) is 0 Å². The van der Waals surface area contributed by atoms with Crippen LogP contribution in [0, 0.1) is 5.92 Å². The van der Waals surface area contributed by atoms with E-state index in [0.717, 1.165) is 12.8 Å². The van der Waals surface area contributed by atoms with Crippen LogP contribution in [-0.2, 0) is 4.79 Å². The lowest BCUT2D eigenvalue weighted by molar-refractivity contribution is -0.120. The Morgan fingerprint density at radius 2 is 2.20 bits per heavy atom. The van der Waals surface area contributed by atoms with Crippen LogP contribution in [0.5, 0.6) is 5.75 Å². The maximum Gasteiger partial charge on any atom is 0.228 e. The van der Waals surface area contributed by atoms with E-state index in [0.29, 0.717) is 0 Å². The van der Waals surface area contributed by atoms with Gasteiger partial charge in [-0.25, -0.2) is 4.98 Å². The molecular formula is C11H16N2O2. The maximum absolute atomic E-state index is 11.7. The molecule has 0 radical (unpaired) electrons. The Bertz CT molecular complexity index is 335. The summed E-state index contributed by atoms with van der Waals surface area (Å²) < 4.78 is 0. The molecule has 82 valence electrons. The van der Waals surface area contributed by atoms with Gasteiger partial charge in [0.05, 0.1) is 0 Å². The summed E-state index contributed by atoms with van der Waals surface area (Å²) in [6, 6.07) is 3.11. The van der Waals surface area contributed by atoms with E-state index in [-0.39, 0.29) is 23.4 Å². The zero-order valence-electron chi connectivity index (χ0n) is 9.03. The van der Waals surface area contributed by atoms with Gasteiger partial charge in [0, 0.05) is 12.1 Å². The van der Waals surface area contributed by atoms with Gasteiger partial charge in [0.25, 0.3) is 0 Å². The maximum atomic E-state index is 11.7. The molecular weight excluding hydrogens is 192 g/mol. The second kappa shape index (κ2) is 5.34.